The number of aromatic nitrogens is 2. The summed E-state index contributed by atoms with van der Waals surface area (Å²) in [5.41, 5.74) is 0.131. The number of anilines is 2. The summed E-state index contributed by atoms with van der Waals surface area (Å²) in [6, 6.07) is 1.76. The van der Waals surface area contributed by atoms with Gasteiger partial charge in [0.05, 0.1) is 29.5 Å². The Labute approximate surface area is 200 Å². The average molecular weight is 495 g/mol. The van der Waals surface area contributed by atoms with Gasteiger partial charge in [0.1, 0.15) is 29.7 Å². The van der Waals surface area contributed by atoms with Crippen molar-refractivity contribution in [2.24, 2.45) is 11.8 Å². The molecule has 3 fully saturated rings. The summed E-state index contributed by atoms with van der Waals surface area (Å²) < 4.78 is 45.3. The van der Waals surface area contributed by atoms with Crippen molar-refractivity contribution in [1.29, 1.82) is 0 Å². The van der Waals surface area contributed by atoms with Crippen molar-refractivity contribution in [3.63, 3.8) is 0 Å². The van der Waals surface area contributed by atoms with E-state index >= 15 is 0 Å². The summed E-state index contributed by atoms with van der Waals surface area (Å²) in [5.74, 6) is -1.09. The molecular formula is C23H25ClF2N4O4. The highest BCUT2D eigenvalue weighted by Gasteiger charge is 2.47. The second kappa shape index (κ2) is 8.81. The molecule has 5 rings (SSSR count). The van der Waals surface area contributed by atoms with E-state index in [9.17, 15) is 13.6 Å². The van der Waals surface area contributed by atoms with Crippen LogP contribution in [0.25, 0.3) is 0 Å². The molecule has 0 spiro atoms. The molecule has 1 N–H and O–H groups in total. The summed E-state index contributed by atoms with van der Waals surface area (Å²) in [5, 5.41) is 2.71. The smallest absolute Gasteiger partial charge is 0.410 e. The minimum Gasteiger partial charge on any atom is -0.473 e. The number of amides is 1. The Morgan fingerprint density at radius 3 is 2.59 bits per heavy atom. The van der Waals surface area contributed by atoms with Crippen molar-refractivity contribution in [2.45, 2.75) is 38.4 Å². The molecule has 0 radical (unpaired) electrons. The molecule has 2 saturated heterocycles. The molecule has 8 nitrogen and oxygen atoms in total. The highest BCUT2D eigenvalue weighted by atomic mass is 35.5. The summed E-state index contributed by atoms with van der Waals surface area (Å²) in [6.45, 7) is 5.51. The quantitative estimate of drug-likeness (QED) is 0.656. The fourth-order valence-corrected chi connectivity index (χ4v) is 4.62. The van der Waals surface area contributed by atoms with Gasteiger partial charge in [-0.05, 0) is 32.8 Å². The highest BCUT2D eigenvalue weighted by molar-refractivity contribution is 6.33. The van der Waals surface area contributed by atoms with Crippen molar-refractivity contribution in [2.75, 3.05) is 31.6 Å². The van der Waals surface area contributed by atoms with Gasteiger partial charge < -0.3 is 24.4 Å². The lowest BCUT2D eigenvalue weighted by Crippen LogP contribution is -2.59. The number of fused-ring (bicyclic) bond motifs is 2. The number of hydrogen-bond donors (Lipinski definition) is 1. The fraction of sp³-hybridized carbons (Fsp3) is 0.522. The molecule has 34 heavy (non-hydrogen) atoms. The van der Waals surface area contributed by atoms with Crippen LogP contribution in [-0.2, 0) is 9.47 Å². The molecule has 1 aromatic heterocycles. The molecule has 1 aliphatic carbocycles. The van der Waals surface area contributed by atoms with Crippen LogP contribution in [0.3, 0.4) is 0 Å². The van der Waals surface area contributed by atoms with Gasteiger partial charge >= 0.3 is 6.09 Å². The Bertz CT molecular complexity index is 1080. The van der Waals surface area contributed by atoms with E-state index in [1.54, 1.807) is 11.8 Å². The van der Waals surface area contributed by atoms with E-state index in [0.717, 1.165) is 25.0 Å². The first-order valence-electron chi connectivity index (χ1n) is 11.2. The van der Waals surface area contributed by atoms with Crippen LogP contribution < -0.4 is 10.1 Å². The summed E-state index contributed by atoms with van der Waals surface area (Å²) in [4.78, 5) is 22.8. The molecule has 11 heteroatoms. The van der Waals surface area contributed by atoms with Gasteiger partial charge in [0, 0.05) is 31.0 Å². The van der Waals surface area contributed by atoms with Gasteiger partial charge in [-0.15, -0.1) is 0 Å². The van der Waals surface area contributed by atoms with Crippen LogP contribution in [-0.4, -0.2) is 59.0 Å². The van der Waals surface area contributed by atoms with Crippen molar-refractivity contribution in [1.82, 2.24) is 14.9 Å². The van der Waals surface area contributed by atoms with E-state index in [-0.39, 0.29) is 46.2 Å². The van der Waals surface area contributed by atoms with Gasteiger partial charge in [0.25, 0.3) is 0 Å². The number of nitrogens with one attached hydrogen (secondary N) is 1. The molecular weight excluding hydrogens is 470 g/mol. The predicted molar refractivity (Wildman–Crippen MR) is 119 cm³/mol. The first-order valence-corrected chi connectivity index (χ1v) is 11.6. The molecule has 3 aliphatic rings. The Balaban J connectivity index is 1.31. The van der Waals surface area contributed by atoms with Gasteiger partial charge in [-0.25, -0.2) is 23.5 Å². The maximum Gasteiger partial charge on any atom is 0.410 e. The molecule has 182 valence electrons. The van der Waals surface area contributed by atoms with Gasteiger partial charge in [-0.2, -0.15) is 0 Å². The minimum atomic E-state index is -0.837. The van der Waals surface area contributed by atoms with Crippen LogP contribution >= 0.6 is 11.6 Å². The van der Waals surface area contributed by atoms with Crippen LogP contribution in [0.15, 0.2) is 18.5 Å². The van der Waals surface area contributed by atoms with Crippen LogP contribution in [0, 0.1) is 30.4 Å². The lowest BCUT2D eigenvalue weighted by molar-refractivity contribution is -0.111. The van der Waals surface area contributed by atoms with Gasteiger partial charge in [-0.1, -0.05) is 11.6 Å². The Morgan fingerprint density at radius 2 is 1.94 bits per heavy atom. The second-order valence-electron chi connectivity index (χ2n) is 9.38. The van der Waals surface area contributed by atoms with E-state index in [0.29, 0.717) is 37.7 Å². The first-order chi connectivity index (χ1) is 16.2. The van der Waals surface area contributed by atoms with Gasteiger partial charge in [0.15, 0.2) is 5.82 Å². The molecule has 2 aromatic rings. The monoisotopic (exact) mass is 494 g/mol. The number of carbonyl (C=O) groups is 1. The van der Waals surface area contributed by atoms with E-state index in [2.05, 4.69) is 15.3 Å². The zero-order chi connectivity index (χ0) is 24.0. The van der Waals surface area contributed by atoms with Crippen LogP contribution in [0.2, 0.25) is 5.02 Å². The average Bonchev–Trinajstić information content (AvgIpc) is 3.49. The van der Waals surface area contributed by atoms with Crippen molar-refractivity contribution < 1.29 is 27.8 Å². The molecule has 3 heterocycles. The third kappa shape index (κ3) is 4.61. The largest absolute Gasteiger partial charge is 0.473 e. The van der Waals surface area contributed by atoms with E-state index in [1.807, 2.05) is 6.92 Å². The minimum absolute atomic E-state index is 0.0539. The van der Waals surface area contributed by atoms with Gasteiger partial charge in [-0.3, -0.25) is 0 Å². The SMILES string of the molecule is Cc1c(Nc2c(F)cc(F)cc2Cl)ncnc1OC1C2COCC1CN(C(=O)OC1(C)CC1)C2. The first kappa shape index (κ1) is 23.0. The zero-order valence-electron chi connectivity index (χ0n) is 18.8. The molecule has 1 amide bonds. The maximum atomic E-state index is 14.2. The summed E-state index contributed by atoms with van der Waals surface area (Å²) in [7, 11) is 0. The van der Waals surface area contributed by atoms with E-state index < -0.39 is 11.6 Å². The number of rotatable bonds is 5. The van der Waals surface area contributed by atoms with Crippen LogP contribution in [0.1, 0.15) is 25.3 Å². The van der Waals surface area contributed by atoms with Crippen molar-refractivity contribution in [3.8, 4) is 5.88 Å². The van der Waals surface area contributed by atoms with Gasteiger partial charge in [0.2, 0.25) is 5.88 Å². The lowest BCUT2D eigenvalue weighted by atomic mass is 9.84. The highest BCUT2D eigenvalue weighted by Crippen LogP contribution is 2.40. The van der Waals surface area contributed by atoms with E-state index in [4.69, 9.17) is 25.8 Å². The zero-order valence-corrected chi connectivity index (χ0v) is 19.6. The molecule has 1 aromatic carbocycles. The van der Waals surface area contributed by atoms with E-state index in [1.165, 1.54) is 6.33 Å². The van der Waals surface area contributed by atoms with Crippen LogP contribution in [0.5, 0.6) is 5.88 Å². The number of benzene rings is 1. The number of piperidine rings is 1. The summed E-state index contributed by atoms with van der Waals surface area (Å²) in [6.07, 6.45) is 2.57. The molecule has 2 unspecified atom stereocenters. The number of carbonyl (C=O) groups excluding carboxylic acids is 1. The topological polar surface area (TPSA) is 85.8 Å². The summed E-state index contributed by atoms with van der Waals surface area (Å²) >= 11 is 6.01. The number of ether oxygens (including phenoxy) is 3. The molecule has 1 saturated carbocycles. The molecule has 2 bridgehead atoms. The molecule has 2 atom stereocenters. The number of halogens is 3. The Morgan fingerprint density at radius 1 is 1.24 bits per heavy atom. The lowest BCUT2D eigenvalue weighted by Gasteiger charge is -2.46. The molecule has 2 aliphatic heterocycles. The third-order valence-electron chi connectivity index (χ3n) is 6.58. The fourth-order valence-electron chi connectivity index (χ4n) is 4.38. The Kier molecular flexibility index (Phi) is 5.97. The number of nitrogens with zero attached hydrogens (tertiary/aromatic N) is 3. The van der Waals surface area contributed by atoms with Crippen molar-refractivity contribution >= 4 is 29.2 Å². The maximum absolute atomic E-state index is 14.2. The van der Waals surface area contributed by atoms with Crippen LogP contribution in [0.4, 0.5) is 25.1 Å². The number of likely N-dealkylation sites (tertiary alicyclic amines) is 1. The third-order valence-corrected chi connectivity index (χ3v) is 6.88. The second-order valence-corrected chi connectivity index (χ2v) is 9.79. The number of hydrogen-bond acceptors (Lipinski definition) is 7. The predicted octanol–water partition coefficient (Wildman–Crippen LogP) is 4.47. The normalized spacial score (nSPS) is 25.0. The standard InChI is InChI=1S/C23H25ClF2N4O4/c1-12-20(29-18-16(24)5-15(25)6-17(18)26)27-11-28-21(12)33-19-13-7-30(8-14(19)10-32-9-13)22(31)34-23(2)3-4-23/h5-6,11,13-14,19H,3-4,7-10H2,1-2H3,(H,27,28,29). The Hall–Kier alpha value is -2.72. The van der Waals surface area contributed by atoms with Crippen molar-refractivity contribution in [3.05, 3.63) is 40.7 Å².